The minimum Gasteiger partial charge on any atom is -0.507 e. The largest absolute Gasteiger partial charge is 0.507 e. The Morgan fingerprint density at radius 2 is 1.65 bits per heavy atom. The molecule has 338 valence electrons. The number of likely N-dealkylation sites (tertiary alicyclic amines) is 1. The van der Waals surface area contributed by atoms with Crippen LogP contribution in [0.2, 0.25) is 0 Å². The van der Waals surface area contributed by atoms with Crippen LogP contribution < -0.4 is 20.8 Å². The highest BCUT2D eigenvalue weighted by Gasteiger charge is 2.50. The standard InChI is InChI=1S/C46H62N4O12/c1-22(2)21-50-18-16-46(17-19-50)48-33-30-31-37(53)26(6)40-32(30)42(56)45(10,62-40)60-20-14-29(59-11)24(4)39(61-28(8)51)25(5)36(52)27(7)41(55)44(9,58)15-12-13-23(3)43(57)47-35(38(31)54)34(33)49-46/h12-15,20,22,24-25,27,29,36,39,41,52-55,58H,16-19,21H2,1-11H3,(H,47,57)/b15-12+,20-14+,23-13-. The second kappa shape index (κ2) is 17.4. The van der Waals surface area contributed by atoms with E-state index in [9.17, 15) is 39.9 Å². The van der Waals surface area contributed by atoms with Crippen LogP contribution in [0.3, 0.4) is 0 Å². The number of esters is 1. The lowest BCUT2D eigenvalue weighted by atomic mass is 9.77. The van der Waals surface area contributed by atoms with Crippen LogP contribution in [0.25, 0.3) is 10.8 Å². The van der Waals surface area contributed by atoms with E-state index in [-0.39, 0.29) is 49.6 Å². The number of aliphatic hydroxyl groups is 3. The van der Waals surface area contributed by atoms with E-state index in [1.54, 1.807) is 20.8 Å². The summed E-state index contributed by atoms with van der Waals surface area (Å²) in [6.07, 6.45) is 3.26. The Kier molecular flexibility index (Phi) is 13.1. The first-order chi connectivity index (χ1) is 29.0. The number of phenolic OH excluding ortho intramolecular Hbond substituents is 2. The summed E-state index contributed by atoms with van der Waals surface area (Å²) in [7, 11) is 1.44. The highest BCUT2D eigenvalue weighted by atomic mass is 16.7. The maximum absolute atomic E-state index is 14.7. The van der Waals surface area contributed by atoms with Crippen LogP contribution in [0.4, 0.5) is 5.69 Å². The number of aromatic hydroxyl groups is 2. The van der Waals surface area contributed by atoms with Gasteiger partial charge in [-0.1, -0.05) is 52.8 Å². The quantitative estimate of drug-likeness (QED) is 0.190. The van der Waals surface area contributed by atoms with Crippen LogP contribution in [-0.4, -0.2) is 116 Å². The summed E-state index contributed by atoms with van der Waals surface area (Å²) in [6, 6.07) is 0. The van der Waals surface area contributed by atoms with Gasteiger partial charge in [0.1, 0.15) is 34.2 Å². The van der Waals surface area contributed by atoms with E-state index in [0.29, 0.717) is 31.8 Å². The number of nitrogens with one attached hydrogen (secondary N) is 1. The summed E-state index contributed by atoms with van der Waals surface area (Å²) < 4.78 is 23.9. The van der Waals surface area contributed by atoms with Crippen molar-refractivity contribution in [3.63, 3.8) is 0 Å². The normalized spacial score (nSPS) is 33.5. The molecule has 0 radical (unpaired) electrons. The number of methoxy groups -OCH3 is 1. The van der Waals surface area contributed by atoms with Gasteiger partial charge in [-0.05, 0) is 32.8 Å². The zero-order chi connectivity index (χ0) is 45.8. The molecule has 0 saturated carbocycles. The summed E-state index contributed by atoms with van der Waals surface area (Å²) in [4.78, 5) is 53.6. The summed E-state index contributed by atoms with van der Waals surface area (Å²) in [5, 5.41) is 61.4. The fraction of sp³-hybridized carbons (Fsp3) is 0.587. The van der Waals surface area contributed by atoms with Gasteiger partial charge in [-0.25, -0.2) is 0 Å². The molecule has 4 heterocycles. The van der Waals surface area contributed by atoms with Crippen LogP contribution >= 0.6 is 0 Å². The Bertz CT molecular complexity index is 2350. The Morgan fingerprint density at radius 1 is 1.00 bits per heavy atom. The molecule has 1 saturated heterocycles. The monoisotopic (exact) mass is 862 g/mol. The molecule has 4 bridgehead atoms. The van der Waals surface area contributed by atoms with E-state index in [1.807, 2.05) is 0 Å². The molecule has 6 rings (SSSR count). The van der Waals surface area contributed by atoms with Crippen molar-refractivity contribution in [3.05, 3.63) is 58.0 Å². The van der Waals surface area contributed by atoms with Crippen molar-refractivity contribution in [2.24, 2.45) is 33.7 Å². The summed E-state index contributed by atoms with van der Waals surface area (Å²) in [5.74, 6) is -6.75. The van der Waals surface area contributed by atoms with Crippen molar-refractivity contribution in [2.45, 2.75) is 124 Å². The van der Waals surface area contributed by atoms with Crippen LogP contribution in [0, 0.1) is 30.6 Å². The molecular formula is C46H62N4O12. The number of ketones is 1. The number of ether oxygens (including phenoxy) is 4. The molecule has 9 atom stereocenters. The summed E-state index contributed by atoms with van der Waals surface area (Å²) in [6.45, 7) is 18.6. The molecule has 2 aromatic rings. The molecule has 9 unspecified atom stereocenters. The number of Topliss-reactive ketones (excluding diaryl/α,β-unsaturated/α-hetero) is 1. The average Bonchev–Trinajstić information content (AvgIpc) is 3.71. The zero-order valence-corrected chi connectivity index (χ0v) is 37.5. The van der Waals surface area contributed by atoms with Gasteiger partial charge < -0.3 is 54.7 Å². The van der Waals surface area contributed by atoms with Crippen molar-refractivity contribution in [1.29, 1.82) is 0 Å². The van der Waals surface area contributed by atoms with E-state index in [4.69, 9.17) is 28.9 Å². The third kappa shape index (κ3) is 8.47. The molecule has 1 amide bonds. The van der Waals surface area contributed by atoms with E-state index >= 15 is 0 Å². The Morgan fingerprint density at radius 3 is 2.26 bits per heavy atom. The minimum absolute atomic E-state index is 0.0114. The molecule has 6 N–H and O–H groups in total. The van der Waals surface area contributed by atoms with Gasteiger partial charge in [0.2, 0.25) is 0 Å². The summed E-state index contributed by atoms with van der Waals surface area (Å²) in [5.41, 5.74) is -2.73. The van der Waals surface area contributed by atoms with Crippen molar-refractivity contribution < 1.29 is 58.9 Å². The van der Waals surface area contributed by atoms with E-state index in [0.717, 1.165) is 6.54 Å². The van der Waals surface area contributed by atoms with Gasteiger partial charge >= 0.3 is 11.8 Å². The van der Waals surface area contributed by atoms with Crippen molar-refractivity contribution >= 4 is 34.1 Å². The predicted octanol–water partition coefficient (Wildman–Crippen LogP) is 3.86. The van der Waals surface area contributed by atoms with E-state index < -0.39 is 88.4 Å². The smallest absolute Gasteiger partial charge is 0.312 e. The third-order valence-corrected chi connectivity index (χ3v) is 12.9. The highest BCUT2D eigenvalue weighted by Crippen LogP contribution is 2.50. The molecule has 2 aromatic carbocycles. The number of hydrogen-bond donors (Lipinski definition) is 6. The molecular weight excluding hydrogens is 801 g/mol. The summed E-state index contributed by atoms with van der Waals surface area (Å²) >= 11 is 0. The maximum atomic E-state index is 14.7. The maximum Gasteiger partial charge on any atom is 0.312 e. The number of rotatable bonds is 4. The fourth-order valence-electron chi connectivity index (χ4n) is 9.23. The number of carbonyl (C=O) groups is 3. The first-order valence-electron chi connectivity index (χ1n) is 21.3. The minimum atomic E-state index is -1.98. The molecule has 4 aliphatic heterocycles. The molecule has 62 heavy (non-hydrogen) atoms. The number of nitrogens with zero attached hydrogens (tertiary/aromatic N) is 3. The van der Waals surface area contributed by atoms with Crippen LogP contribution in [0.15, 0.2) is 46.1 Å². The third-order valence-electron chi connectivity index (χ3n) is 12.9. The average molecular weight is 863 g/mol. The molecule has 16 heteroatoms. The molecule has 16 nitrogen and oxygen atoms in total. The molecule has 1 spiro atoms. The fourth-order valence-corrected chi connectivity index (χ4v) is 9.23. The van der Waals surface area contributed by atoms with E-state index in [2.05, 4.69) is 24.1 Å². The van der Waals surface area contributed by atoms with Gasteiger partial charge in [-0.2, -0.15) is 0 Å². The lowest BCUT2D eigenvalue weighted by Gasteiger charge is -2.39. The Balaban J connectivity index is 1.55. The van der Waals surface area contributed by atoms with Gasteiger partial charge in [-0.3, -0.25) is 24.4 Å². The van der Waals surface area contributed by atoms with Gasteiger partial charge in [0.25, 0.3) is 11.7 Å². The second-order valence-electron chi connectivity index (χ2n) is 18.2. The second-order valence-corrected chi connectivity index (χ2v) is 18.2. The number of anilines is 1. The number of phenols is 2. The predicted molar refractivity (Wildman–Crippen MR) is 229 cm³/mol. The highest BCUT2D eigenvalue weighted by molar-refractivity contribution is 6.19. The number of piperidine rings is 1. The molecule has 4 aliphatic rings. The number of fused-ring (bicyclic) bond motifs is 1. The SMILES string of the molecule is COC1/C=C/OC2(C)Oc3c(C)c(O)c4c(O)c(c5c(c4c3C2=O)=NC2(CCN(CC(C)C)CC2)N=5)NC(=O)/C(C)=C\C=C\C(C)(O)C(O)C(C)C(O)C(C)C(OC(C)=O)C1C. The molecule has 1 fully saturated rings. The van der Waals surface area contributed by atoms with Crippen molar-refractivity contribution in [1.82, 2.24) is 4.90 Å². The number of allylic oxidation sites excluding steroid dienone is 2. The Labute approximate surface area is 361 Å². The lowest BCUT2D eigenvalue weighted by Crippen LogP contribution is -2.50. The van der Waals surface area contributed by atoms with Gasteiger partial charge in [0, 0.05) is 87.7 Å². The van der Waals surface area contributed by atoms with Crippen molar-refractivity contribution in [3.8, 4) is 17.2 Å². The number of amides is 1. The van der Waals surface area contributed by atoms with Crippen LogP contribution in [-0.2, 0) is 23.8 Å². The first kappa shape index (κ1) is 46.6. The van der Waals surface area contributed by atoms with E-state index in [1.165, 1.54) is 72.3 Å². The van der Waals surface area contributed by atoms with Crippen molar-refractivity contribution in [2.75, 3.05) is 32.1 Å². The topological polar surface area (TPSA) is 229 Å². The number of carbonyl (C=O) groups excluding carboxylic acids is 3. The first-order valence-corrected chi connectivity index (χ1v) is 21.3. The van der Waals surface area contributed by atoms with Gasteiger partial charge in [0.15, 0.2) is 11.4 Å². The Hall–Kier alpha value is -4.87. The molecule has 0 aromatic heterocycles. The van der Waals surface area contributed by atoms with Crippen LogP contribution in [0.5, 0.6) is 17.2 Å². The van der Waals surface area contributed by atoms with Gasteiger partial charge in [0.05, 0.1) is 40.9 Å². The zero-order valence-electron chi connectivity index (χ0n) is 37.5. The van der Waals surface area contributed by atoms with Gasteiger partial charge in [-0.15, -0.1) is 0 Å². The van der Waals surface area contributed by atoms with Crippen LogP contribution in [0.1, 0.15) is 91.1 Å². The number of aliphatic hydroxyl groups excluding tert-OH is 2. The number of benzene rings is 2. The lowest BCUT2D eigenvalue weighted by molar-refractivity contribution is -0.162. The number of hydrogen-bond acceptors (Lipinski definition) is 15. The molecule has 0 aliphatic carbocycles.